The smallest absolute Gasteiger partial charge is 0.132 e. The van der Waals surface area contributed by atoms with Gasteiger partial charge < -0.3 is 10.1 Å². The molecule has 0 radical (unpaired) electrons. The maximum atomic E-state index is 5.37. The predicted octanol–water partition coefficient (Wildman–Crippen LogP) is 4.29. The Balaban J connectivity index is 1.89. The van der Waals surface area contributed by atoms with Crippen LogP contribution in [0.4, 0.5) is 5.69 Å². The highest BCUT2D eigenvalue weighted by Gasteiger charge is 2.08. The summed E-state index contributed by atoms with van der Waals surface area (Å²) in [4.78, 5) is 1.19. The Kier molecular flexibility index (Phi) is 5.16. The van der Waals surface area contributed by atoms with Crippen LogP contribution in [-0.4, -0.2) is 18.9 Å². The molecule has 0 heterocycles. The second kappa shape index (κ2) is 7.10. The number of ether oxygens (including phenoxy) is 1. The average Bonchev–Trinajstić information content (AvgIpc) is 2.47. The van der Waals surface area contributed by atoms with Crippen molar-refractivity contribution in [1.29, 1.82) is 0 Å². The summed E-state index contributed by atoms with van der Waals surface area (Å²) in [7, 11) is 1.71. The number of anilines is 1. The van der Waals surface area contributed by atoms with Crippen molar-refractivity contribution in [2.45, 2.75) is 17.1 Å². The summed E-state index contributed by atoms with van der Waals surface area (Å²) >= 11 is 1.83. The summed E-state index contributed by atoms with van der Waals surface area (Å²) < 4.78 is 5.37. The molecule has 2 aromatic rings. The van der Waals surface area contributed by atoms with E-state index in [9.17, 15) is 0 Å². The third-order valence-corrected chi connectivity index (χ3v) is 3.92. The van der Waals surface area contributed by atoms with E-state index in [1.165, 1.54) is 4.90 Å². The maximum Gasteiger partial charge on any atom is 0.132 e. The van der Waals surface area contributed by atoms with Crippen LogP contribution < -0.4 is 10.1 Å². The molecule has 0 amide bonds. The van der Waals surface area contributed by atoms with E-state index in [1.807, 2.05) is 48.2 Å². The molecule has 0 aromatic heterocycles. The van der Waals surface area contributed by atoms with E-state index in [0.29, 0.717) is 5.25 Å². The number of methoxy groups -OCH3 is 1. The predicted molar refractivity (Wildman–Crippen MR) is 83.2 cm³/mol. The standard InChI is InChI=1S/C16H19NOS/c1-13(12-17-14-8-4-3-5-9-14)19-16-11-7-6-10-15(16)18-2/h3-11,13,17H,12H2,1-2H3. The number of hydrogen-bond donors (Lipinski definition) is 1. The zero-order valence-corrected chi connectivity index (χ0v) is 12.1. The molecule has 3 heteroatoms. The molecule has 100 valence electrons. The van der Waals surface area contributed by atoms with E-state index in [-0.39, 0.29) is 0 Å². The third kappa shape index (κ3) is 4.21. The second-order valence-corrected chi connectivity index (χ2v) is 5.81. The summed E-state index contributed by atoms with van der Waals surface area (Å²) in [5.41, 5.74) is 1.16. The molecule has 0 aliphatic heterocycles. The van der Waals surface area contributed by atoms with E-state index in [4.69, 9.17) is 4.74 Å². The Labute approximate surface area is 119 Å². The van der Waals surface area contributed by atoms with Crippen molar-refractivity contribution in [2.24, 2.45) is 0 Å². The Hall–Kier alpha value is -1.61. The first-order chi connectivity index (χ1) is 9.29. The Morgan fingerprint density at radius 1 is 1.05 bits per heavy atom. The van der Waals surface area contributed by atoms with Gasteiger partial charge >= 0.3 is 0 Å². The van der Waals surface area contributed by atoms with Gasteiger partial charge in [0, 0.05) is 22.4 Å². The van der Waals surface area contributed by atoms with E-state index in [2.05, 4.69) is 30.4 Å². The van der Waals surface area contributed by atoms with Gasteiger partial charge in [0.15, 0.2) is 0 Å². The normalized spacial score (nSPS) is 11.9. The summed E-state index contributed by atoms with van der Waals surface area (Å²) in [6.07, 6.45) is 0. The van der Waals surface area contributed by atoms with Gasteiger partial charge in [0.05, 0.1) is 7.11 Å². The molecule has 1 N–H and O–H groups in total. The molecular weight excluding hydrogens is 254 g/mol. The third-order valence-electron chi connectivity index (χ3n) is 2.76. The fourth-order valence-electron chi connectivity index (χ4n) is 1.79. The first-order valence-corrected chi connectivity index (χ1v) is 7.26. The van der Waals surface area contributed by atoms with Gasteiger partial charge in [0.25, 0.3) is 0 Å². The van der Waals surface area contributed by atoms with Gasteiger partial charge in [-0.05, 0) is 24.3 Å². The van der Waals surface area contributed by atoms with E-state index >= 15 is 0 Å². The van der Waals surface area contributed by atoms with Crippen molar-refractivity contribution in [3.05, 3.63) is 54.6 Å². The van der Waals surface area contributed by atoms with Gasteiger partial charge in [-0.1, -0.05) is 37.3 Å². The van der Waals surface area contributed by atoms with Crippen molar-refractivity contribution in [3.63, 3.8) is 0 Å². The zero-order chi connectivity index (χ0) is 13.5. The van der Waals surface area contributed by atoms with Crippen LogP contribution in [0.3, 0.4) is 0 Å². The number of rotatable bonds is 6. The topological polar surface area (TPSA) is 21.3 Å². The fraction of sp³-hybridized carbons (Fsp3) is 0.250. The summed E-state index contributed by atoms with van der Waals surface area (Å²) in [5, 5.41) is 3.91. The molecule has 0 aliphatic rings. The number of hydrogen-bond acceptors (Lipinski definition) is 3. The lowest BCUT2D eigenvalue weighted by Gasteiger charge is -2.15. The average molecular weight is 273 g/mol. The van der Waals surface area contributed by atoms with Gasteiger partial charge in [-0.3, -0.25) is 0 Å². The van der Waals surface area contributed by atoms with Crippen LogP contribution in [0.15, 0.2) is 59.5 Å². The Morgan fingerprint density at radius 3 is 2.47 bits per heavy atom. The van der Waals surface area contributed by atoms with Crippen molar-refractivity contribution >= 4 is 17.4 Å². The lowest BCUT2D eigenvalue weighted by Crippen LogP contribution is -2.13. The number of thioether (sulfide) groups is 1. The van der Waals surface area contributed by atoms with Crippen LogP contribution in [0, 0.1) is 0 Å². The van der Waals surface area contributed by atoms with E-state index < -0.39 is 0 Å². The van der Waals surface area contributed by atoms with Crippen molar-refractivity contribution in [1.82, 2.24) is 0 Å². The van der Waals surface area contributed by atoms with Crippen molar-refractivity contribution in [3.8, 4) is 5.75 Å². The van der Waals surface area contributed by atoms with Crippen LogP contribution in [0.2, 0.25) is 0 Å². The highest BCUT2D eigenvalue weighted by molar-refractivity contribution is 8.00. The molecule has 0 aliphatic carbocycles. The Bertz CT molecular complexity index is 501. The van der Waals surface area contributed by atoms with Crippen molar-refractivity contribution in [2.75, 3.05) is 19.0 Å². The van der Waals surface area contributed by atoms with Crippen LogP contribution >= 0.6 is 11.8 Å². The van der Waals surface area contributed by atoms with Crippen molar-refractivity contribution < 1.29 is 4.74 Å². The molecule has 19 heavy (non-hydrogen) atoms. The number of para-hydroxylation sites is 2. The van der Waals surface area contributed by atoms with Gasteiger partial charge in [-0.2, -0.15) is 0 Å². The molecule has 1 unspecified atom stereocenters. The molecule has 0 saturated carbocycles. The second-order valence-electron chi connectivity index (χ2n) is 4.33. The quantitative estimate of drug-likeness (QED) is 0.793. The summed E-state index contributed by atoms with van der Waals surface area (Å²) in [6.45, 7) is 3.14. The van der Waals surface area contributed by atoms with Crippen LogP contribution in [0.5, 0.6) is 5.75 Å². The molecular formula is C16H19NOS. The lowest BCUT2D eigenvalue weighted by molar-refractivity contribution is 0.405. The maximum absolute atomic E-state index is 5.37. The zero-order valence-electron chi connectivity index (χ0n) is 11.3. The minimum absolute atomic E-state index is 0.469. The van der Waals surface area contributed by atoms with Gasteiger partial charge in [0.2, 0.25) is 0 Å². The van der Waals surface area contributed by atoms with Crippen LogP contribution in [0.1, 0.15) is 6.92 Å². The van der Waals surface area contributed by atoms with Crippen LogP contribution in [0.25, 0.3) is 0 Å². The molecule has 2 aromatic carbocycles. The van der Waals surface area contributed by atoms with Gasteiger partial charge in [-0.15, -0.1) is 11.8 Å². The molecule has 2 nitrogen and oxygen atoms in total. The summed E-state index contributed by atoms with van der Waals surface area (Å²) in [6, 6.07) is 18.4. The fourth-order valence-corrected chi connectivity index (χ4v) is 2.82. The monoisotopic (exact) mass is 273 g/mol. The number of nitrogens with one attached hydrogen (secondary N) is 1. The molecule has 0 saturated heterocycles. The number of benzene rings is 2. The first-order valence-electron chi connectivity index (χ1n) is 6.38. The SMILES string of the molecule is COc1ccccc1SC(C)CNc1ccccc1. The van der Waals surface area contributed by atoms with Crippen LogP contribution in [-0.2, 0) is 0 Å². The molecule has 0 fully saturated rings. The highest BCUT2D eigenvalue weighted by Crippen LogP contribution is 2.31. The van der Waals surface area contributed by atoms with E-state index in [1.54, 1.807) is 7.11 Å². The molecule has 1 atom stereocenters. The van der Waals surface area contributed by atoms with Gasteiger partial charge in [0.1, 0.15) is 5.75 Å². The first kappa shape index (κ1) is 13.8. The Morgan fingerprint density at radius 2 is 1.74 bits per heavy atom. The van der Waals surface area contributed by atoms with E-state index in [0.717, 1.165) is 18.0 Å². The molecule has 2 rings (SSSR count). The molecule has 0 bridgehead atoms. The summed E-state index contributed by atoms with van der Waals surface area (Å²) in [5.74, 6) is 0.944. The minimum Gasteiger partial charge on any atom is -0.496 e. The lowest BCUT2D eigenvalue weighted by atomic mass is 10.3. The van der Waals surface area contributed by atoms with Gasteiger partial charge in [-0.25, -0.2) is 0 Å². The molecule has 0 spiro atoms. The largest absolute Gasteiger partial charge is 0.496 e. The highest BCUT2D eigenvalue weighted by atomic mass is 32.2. The minimum atomic E-state index is 0.469.